The van der Waals surface area contributed by atoms with Crippen molar-refractivity contribution in [3.63, 3.8) is 0 Å². The van der Waals surface area contributed by atoms with Gasteiger partial charge in [-0.3, -0.25) is 0 Å². The van der Waals surface area contributed by atoms with Crippen molar-refractivity contribution in [2.75, 3.05) is 0 Å². The molecule has 0 aliphatic rings. The van der Waals surface area contributed by atoms with Gasteiger partial charge >= 0.3 is 42.1 Å². The first kappa shape index (κ1) is 58.2. The average molecular weight is 266 g/mol. The SMILES string of the molecule is [O-2].[O-2].[Re+4].[Ti+4]. The van der Waals surface area contributed by atoms with E-state index in [9.17, 15) is 0 Å². The van der Waals surface area contributed by atoms with E-state index in [1.807, 2.05) is 0 Å². The second-order valence-corrected chi connectivity index (χ2v) is 0. The van der Waals surface area contributed by atoms with Crippen LogP contribution < -0.4 is 0 Å². The molecule has 0 amide bonds. The Morgan fingerprint density at radius 3 is 0.750 bits per heavy atom. The monoisotopic (exact) mass is 267 g/mol. The minimum atomic E-state index is 0. The van der Waals surface area contributed by atoms with Crippen LogP contribution in [-0.2, 0) is 53.1 Å². The van der Waals surface area contributed by atoms with E-state index in [4.69, 9.17) is 0 Å². The summed E-state index contributed by atoms with van der Waals surface area (Å²) in [5.74, 6) is 0. The zero-order chi connectivity index (χ0) is 0. The van der Waals surface area contributed by atoms with Crippen molar-refractivity contribution >= 4 is 0 Å². The summed E-state index contributed by atoms with van der Waals surface area (Å²) in [5.41, 5.74) is 0. The van der Waals surface area contributed by atoms with E-state index >= 15 is 0 Å². The Bertz CT molecular complexity index is 6.00. The zero-order valence-electron chi connectivity index (χ0n) is 1.69. The molecule has 19 valence electrons. The summed E-state index contributed by atoms with van der Waals surface area (Å²) in [6, 6.07) is 0. The third-order valence-corrected chi connectivity index (χ3v) is 0. The maximum Gasteiger partial charge on any atom is 4.00 e. The van der Waals surface area contributed by atoms with E-state index in [2.05, 4.69) is 0 Å². The number of rotatable bonds is 0. The van der Waals surface area contributed by atoms with Gasteiger partial charge in [0.2, 0.25) is 0 Å². The molecule has 0 saturated carbocycles. The fourth-order valence-electron chi connectivity index (χ4n) is 0. The average Bonchev–Trinajstić information content (AvgIpc) is 0. The van der Waals surface area contributed by atoms with Crippen molar-refractivity contribution < 1.29 is 53.1 Å². The van der Waals surface area contributed by atoms with Gasteiger partial charge in [-0.15, -0.1) is 0 Å². The molecule has 0 bridgehead atoms. The molecule has 0 aromatic rings. The third-order valence-electron chi connectivity index (χ3n) is 0. The molecule has 0 heterocycles. The molecule has 0 rings (SSSR count). The molecule has 0 fully saturated rings. The maximum absolute atomic E-state index is 0. The molecule has 4 heteroatoms. The predicted molar refractivity (Wildman–Crippen MR) is 1.37 cm³/mol. The molecule has 0 aliphatic carbocycles. The van der Waals surface area contributed by atoms with Gasteiger partial charge in [0.25, 0.3) is 0 Å². The van der Waals surface area contributed by atoms with Crippen molar-refractivity contribution in [3.8, 4) is 0 Å². The van der Waals surface area contributed by atoms with E-state index in [0.29, 0.717) is 0 Å². The van der Waals surface area contributed by atoms with Crippen molar-refractivity contribution in [1.29, 1.82) is 0 Å². The molecular weight excluding hydrogens is 266 g/mol. The van der Waals surface area contributed by atoms with E-state index in [0.717, 1.165) is 0 Å². The summed E-state index contributed by atoms with van der Waals surface area (Å²) < 4.78 is 0. The second kappa shape index (κ2) is 27.8. The van der Waals surface area contributed by atoms with Gasteiger partial charge in [-0.1, -0.05) is 0 Å². The van der Waals surface area contributed by atoms with Crippen LogP contribution in [0.25, 0.3) is 0 Å². The van der Waals surface area contributed by atoms with Gasteiger partial charge in [-0.2, -0.15) is 0 Å². The molecule has 0 atom stereocenters. The molecule has 2 nitrogen and oxygen atoms in total. The molecule has 0 aliphatic heterocycles. The largest absolute Gasteiger partial charge is 4.00 e. The van der Waals surface area contributed by atoms with E-state index in [1.54, 1.807) is 0 Å². The minimum Gasteiger partial charge on any atom is -2.00 e. The first-order valence-electron chi connectivity index (χ1n) is 0. The summed E-state index contributed by atoms with van der Waals surface area (Å²) in [5, 5.41) is 0. The summed E-state index contributed by atoms with van der Waals surface area (Å²) in [7, 11) is 0. The standard InChI is InChI=1S/2O.Re.Ti/q2*-2;2*+4. The molecule has 0 spiro atoms. The molecular formula is O2ReTi+4. The molecule has 0 aromatic carbocycles. The van der Waals surface area contributed by atoms with Crippen LogP contribution in [0.4, 0.5) is 0 Å². The molecule has 1 radical (unpaired) electrons. The molecule has 0 aromatic heterocycles. The van der Waals surface area contributed by atoms with Gasteiger partial charge in [0.05, 0.1) is 0 Å². The van der Waals surface area contributed by atoms with Crippen LogP contribution >= 0.6 is 0 Å². The number of hydrogen-bond donors (Lipinski definition) is 0. The van der Waals surface area contributed by atoms with Crippen molar-refractivity contribution in [1.82, 2.24) is 0 Å². The Kier molecular flexibility index (Phi) is 404. The minimum absolute atomic E-state index is 0. The van der Waals surface area contributed by atoms with Crippen LogP contribution in [0.2, 0.25) is 0 Å². The van der Waals surface area contributed by atoms with Crippen LogP contribution in [0, 0.1) is 0 Å². The van der Waals surface area contributed by atoms with Crippen LogP contribution in [0.1, 0.15) is 0 Å². The van der Waals surface area contributed by atoms with E-state index in [1.165, 1.54) is 0 Å². The molecule has 0 unspecified atom stereocenters. The van der Waals surface area contributed by atoms with Crippen molar-refractivity contribution in [2.45, 2.75) is 0 Å². The van der Waals surface area contributed by atoms with Crippen molar-refractivity contribution in [2.24, 2.45) is 0 Å². The quantitative estimate of drug-likeness (QED) is 0.543. The van der Waals surface area contributed by atoms with Crippen molar-refractivity contribution in [3.05, 3.63) is 0 Å². The Hall–Kier alpha value is 1.30. The van der Waals surface area contributed by atoms with Gasteiger partial charge < -0.3 is 11.0 Å². The molecule has 0 saturated heterocycles. The van der Waals surface area contributed by atoms with Crippen LogP contribution in [0.15, 0.2) is 0 Å². The van der Waals surface area contributed by atoms with Gasteiger partial charge in [0.15, 0.2) is 0 Å². The fraction of sp³-hybridized carbons (Fsp3) is 0. The van der Waals surface area contributed by atoms with Crippen LogP contribution in [0.3, 0.4) is 0 Å². The first-order chi connectivity index (χ1) is 0. The van der Waals surface area contributed by atoms with Crippen LogP contribution in [-0.4, -0.2) is 0 Å². The Labute approximate surface area is 53.1 Å². The van der Waals surface area contributed by atoms with E-state index < -0.39 is 0 Å². The molecule has 0 N–H and O–H groups in total. The topological polar surface area (TPSA) is 57.0 Å². The van der Waals surface area contributed by atoms with Gasteiger partial charge in [-0.25, -0.2) is 0 Å². The smallest absolute Gasteiger partial charge is 2.00 e. The fourth-order valence-corrected chi connectivity index (χ4v) is 0. The second-order valence-electron chi connectivity index (χ2n) is 0. The third kappa shape index (κ3) is 10.3. The Morgan fingerprint density at radius 1 is 0.750 bits per heavy atom. The van der Waals surface area contributed by atoms with Gasteiger partial charge in [0.1, 0.15) is 0 Å². The Balaban J connectivity index is 0. The van der Waals surface area contributed by atoms with E-state index in [-0.39, 0.29) is 53.1 Å². The summed E-state index contributed by atoms with van der Waals surface area (Å²) in [6.45, 7) is 0. The summed E-state index contributed by atoms with van der Waals surface area (Å²) in [6.07, 6.45) is 0. The first-order valence-corrected chi connectivity index (χ1v) is 0. The predicted octanol–water partition coefficient (Wildman–Crippen LogP) is -0.243. The Morgan fingerprint density at radius 2 is 0.750 bits per heavy atom. The van der Waals surface area contributed by atoms with Gasteiger partial charge in [-0.05, 0) is 0 Å². The summed E-state index contributed by atoms with van der Waals surface area (Å²) in [4.78, 5) is 0. The zero-order valence-corrected chi connectivity index (χ0v) is 5.97. The number of hydrogen-bond acceptors (Lipinski definition) is 0. The van der Waals surface area contributed by atoms with Gasteiger partial charge in [0, 0.05) is 0 Å². The normalized spacial score (nSPS) is 0. The van der Waals surface area contributed by atoms with Crippen LogP contribution in [0.5, 0.6) is 0 Å². The molecule has 4 heavy (non-hydrogen) atoms. The summed E-state index contributed by atoms with van der Waals surface area (Å²) >= 11 is 0. The maximum atomic E-state index is 0.